The molecule has 0 amide bonds. The Balaban J connectivity index is 2.32. The van der Waals surface area contributed by atoms with Gasteiger partial charge in [0, 0.05) is 14.9 Å². The SMILES string of the molecule is CC(C)(N)COCc1sccc1Br. The number of hydrogen-bond donors (Lipinski definition) is 1. The molecule has 0 aliphatic heterocycles. The van der Waals surface area contributed by atoms with E-state index in [0.717, 1.165) is 4.47 Å². The molecule has 0 radical (unpaired) electrons. The zero-order valence-corrected chi connectivity index (χ0v) is 10.2. The van der Waals surface area contributed by atoms with Crippen molar-refractivity contribution in [3.8, 4) is 0 Å². The molecule has 1 heterocycles. The number of halogens is 1. The molecular formula is C9H14BrNOS. The van der Waals surface area contributed by atoms with Gasteiger partial charge >= 0.3 is 0 Å². The van der Waals surface area contributed by atoms with Crippen LogP contribution >= 0.6 is 27.3 Å². The lowest BCUT2D eigenvalue weighted by Crippen LogP contribution is -2.37. The van der Waals surface area contributed by atoms with E-state index >= 15 is 0 Å². The fourth-order valence-electron chi connectivity index (χ4n) is 0.835. The molecule has 0 spiro atoms. The fraction of sp³-hybridized carbons (Fsp3) is 0.556. The van der Waals surface area contributed by atoms with Gasteiger partial charge in [-0.05, 0) is 41.2 Å². The van der Waals surface area contributed by atoms with E-state index in [4.69, 9.17) is 10.5 Å². The second-order valence-electron chi connectivity index (χ2n) is 3.67. The first-order valence-electron chi connectivity index (χ1n) is 4.07. The van der Waals surface area contributed by atoms with Crippen LogP contribution < -0.4 is 5.73 Å². The van der Waals surface area contributed by atoms with Crippen molar-refractivity contribution in [2.75, 3.05) is 6.61 Å². The monoisotopic (exact) mass is 263 g/mol. The van der Waals surface area contributed by atoms with E-state index in [2.05, 4.69) is 15.9 Å². The average Bonchev–Trinajstić information content (AvgIpc) is 2.34. The summed E-state index contributed by atoms with van der Waals surface area (Å²) < 4.78 is 6.60. The van der Waals surface area contributed by atoms with Crippen molar-refractivity contribution in [2.24, 2.45) is 5.73 Å². The highest BCUT2D eigenvalue weighted by molar-refractivity contribution is 9.10. The van der Waals surface area contributed by atoms with Gasteiger partial charge in [-0.2, -0.15) is 0 Å². The summed E-state index contributed by atoms with van der Waals surface area (Å²) in [6, 6.07) is 2.02. The fourth-order valence-corrected chi connectivity index (χ4v) is 2.24. The molecule has 0 aromatic carbocycles. The Labute approximate surface area is 91.2 Å². The Hall–Kier alpha value is 0.100. The van der Waals surface area contributed by atoms with Gasteiger partial charge in [0.1, 0.15) is 0 Å². The maximum absolute atomic E-state index is 5.78. The maximum atomic E-state index is 5.78. The maximum Gasteiger partial charge on any atom is 0.0821 e. The minimum Gasteiger partial charge on any atom is -0.374 e. The van der Waals surface area contributed by atoms with Crippen LogP contribution in [0.15, 0.2) is 15.9 Å². The first kappa shape index (κ1) is 11.2. The molecule has 0 saturated carbocycles. The van der Waals surface area contributed by atoms with Crippen LogP contribution in [0, 0.1) is 0 Å². The van der Waals surface area contributed by atoms with Crippen LogP contribution in [0.4, 0.5) is 0 Å². The van der Waals surface area contributed by atoms with Crippen LogP contribution in [0.5, 0.6) is 0 Å². The molecule has 0 aliphatic rings. The molecule has 0 bridgehead atoms. The summed E-state index contributed by atoms with van der Waals surface area (Å²) in [4.78, 5) is 1.21. The second-order valence-corrected chi connectivity index (χ2v) is 5.53. The largest absolute Gasteiger partial charge is 0.374 e. The first-order valence-corrected chi connectivity index (χ1v) is 5.75. The van der Waals surface area contributed by atoms with Crippen molar-refractivity contribution < 1.29 is 4.74 Å². The molecular weight excluding hydrogens is 250 g/mol. The van der Waals surface area contributed by atoms with Gasteiger partial charge in [0.15, 0.2) is 0 Å². The summed E-state index contributed by atoms with van der Waals surface area (Å²) in [5, 5.41) is 2.04. The molecule has 0 unspecified atom stereocenters. The summed E-state index contributed by atoms with van der Waals surface area (Å²) >= 11 is 5.13. The minimum absolute atomic E-state index is 0.246. The standard InChI is InChI=1S/C9H14BrNOS/c1-9(2,11)6-12-5-8-7(10)3-4-13-8/h3-4H,5-6,11H2,1-2H3. The van der Waals surface area contributed by atoms with E-state index in [9.17, 15) is 0 Å². The van der Waals surface area contributed by atoms with E-state index in [-0.39, 0.29) is 5.54 Å². The summed E-state index contributed by atoms with van der Waals surface area (Å²) in [5.74, 6) is 0. The van der Waals surface area contributed by atoms with E-state index < -0.39 is 0 Å². The van der Waals surface area contributed by atoms with Gasteiger partial charge in [-0.3, -0.25) is 0 Å². The first-order chi connectivity index (χ1) is 5.99. The molecule has 0 fully saturated rings. The van der Waals surface area contributed by atoms with Gasteiger partial charge in [0.2, 0.25) is 0 Å². The topological polar surface area (TPSA) is 35.2 Å². The highest BCUT2D eigenvalue weighted by Crippen LogP contribution is 2.23. The number of ether oxygens (including phenoxy) is 1. The number of rotatable bonds is 4. The van der Waals surface area contributed by atoms with Crippen LogP contribution in [0.2, 0.25) is 0 Å². The number of nitrogens with two attached hydrogens (primary N) is 1. The Morgan fingerprint density at radius 2 is 2.31 bits per heavy atom. The van der Waals surface area contributed by atoms with Crippen molar-refractivity contribution in [3.05, 3.63) is 20.8 Å². The highest BCUT2D eigenvalue weighted by Gasteiger charge is 2.11. The Morgan fingerprint density at radius 3 is 2.77 bits per heavy atom. The van der Waals surface area contributed by atoms with Gasteiger partial charge in [-0.1, -0.05) is 0 Å². The summed E-state index contributed by atoms with van der Waals surface area (Å²) in [7, 11) is 0. The lowest BCUT2D eigenvalue weighted by molar-refractivity contribution is 0.0865. The Morgan fingerprint density at radius 1 is 1.62 bits per heavy atom. The minimum atomic E-state index is -0.246. The molecule has 74 valence electrons. The molecule has 0 aliphatic carbocycles. The zero-order valence-electron chi connectivity index (χ0n) is 7.84. The lowest BCUT2D eigenvalue weighted by atomic mass is 10.1. The van der Waals surface area contributed by atoms with Crippen molar-refractivity contribution in [3.63, 3.8) is 0 Å². The third-order valence-electron chi connectivity index (χ3n) is 1.40. The van der Waals surface area contributed by atoms with Gasteiger partial charge in [0.25, 0.3) is 0 Å². The van der Waals surface area contributed by atoms with Crippen molar-refractivity contribution >= 4 is 27.3 Å². The molecule has 2 nitrogen and oxygen atoms in total. The number of hydrogen-bond acceptors (Lipinski definition) is 3. The van der Waals surface area contributed by atoms with Gasteiger partial charge in [0.05, 0.1) is 13.2 Å². The lowest BCUT2D eigenvalue weighted by Gasteiger charge is -2.17. The predicted molar refractivity (Wildman–Crippen MR) is 59.9 cm³/mol. The molecule has 0 atom stereocenters. The summed E-state index contributed by atoms with van der Waals surface area (Å²) in [5.41, 5.74) is 5.53. The normalized spacial score (nSPS) is 12.0. The zero-order chi connectivity index (χ0) is 9.90. The van der Waals surface area contributed by atoms with Crippen LogP contribution in [-0.2, 0) is 11.3 Å². The van der Waals surface area contributed by atoms with Gasteiger partial charge in [-0.25, -0.2) is 0 Å². The Bertz CT molecular complexity index is 267. The van der Waals surface area contributed by atoms with Gasteiger partial charge < -0.3 is 10.5 Å². The van der Waals surface area contributed by atoms with Crippen LogP contribution in [0.3, 0.4) is 0 Å². The second kappa shape index (κ2) is 4.55. The smallest absolute Gasteiger partial charge is 0.0821 e. The van der Waals surface area contributed by atoms with Crippen molar-refractivity contribution in [1.82, 2.24) is 0 Å². The molecule has 13 heavy (non-hydrogen) atoms. The third-order valence-corrected chi connectivity index (χ3v) is 3.30. The molecule has 1 aromatic rings. The number of thiophene rings is 1. The highest BCUT2D eigenvalue weighted by atomic mass is 79.9. The third kappa shape index (κ3) is 4.22. The van der Waals surface area contributed by atoms with Crippen molar-refractivity contribution in [2.45, 2.75) is 26.0 Å². The predicted octanol–water partition coefficient (Wildman–Crippen LogP) is 2.76. The van der Waals surface area contributed by atoms with Crippen LogP contribution in [-0.4, -0.2) is 12.1 Å². The molecule has 2 N–H and O–H groups in total. The summed E-state index contributed by atoms with van der Waals surface area (Å²) in [6.45, 7) is 5.13. The average molecular weight is 264 g/mol. The van der Waals surface area contributed by atoms with Crippen molar-refractivity contribution in [1.29, 1.82) is 0 Å². The van der Waals surface area contributed by atoms with E-state index in [1.54, 1.807) is 11.3 Å². The van der Waals surface area contributed by atoms with E-state index in [1.165, 1.54) is 4.88 Å². The molecule has 0 saturated heterocycles. The summed E-state index contributed by atoms with van der Waals surface area (Å²) in [6.07, 6.45) is 0. The molecule has 1 aromatic heterocycles. The molecule has 4 heteroatoms. The Kier molecular flexibility index (Phi) is 3.91. The molecule has 1 rings (SSSR count). The quantitative estimate of drug-likeness (QED) is 0.907. The van der Waals surface area contributed by atoms with E-state index in [1.807, 2.05) is 25.3 Å². The van der Waals surface area contributed by atoms with E-state index in [0.29, 0.717) is 13.2 Å². The van der Waals surface area contributed by atoms with Gasteiger partial charge in [-0.15, -0.1) is 11.3 Å². The van der Waals surface area contributed by atoms with Crippen LogP contribution in [0.25, 0.3) is 0 Å². The van der Waals surface area contributed by atoms with Crippen LogP contribution in [0.1, 0.15) is 18.7 Å².